The summed E-state index contributed by atoms with van der Waals surface area (Å²) in [6.07, 6.45) is 0. The molecule has 0 fully saturated rings. The summed E-state index contributed by atoms with van der Waals surface area (Å²) in [5.41, 5.74) is 10.6. The maximum absolute atomic E-state index is 11.5. The van der Waals surface area contributed by atoms with Gasteiger partial charge in [0, 0.05) is 62.4 Å². The number of amides is 1. The Hall–Kier alpha value is -4.71. The average molecular weight is 488 g/mol. The number of benzene rings is 1. The quantitative estimate of drug-likeness (QED) is 0.260. The van der Waals surface area contributed by atoms with Crippen molar-refractivity contribution < 1.29 is 4.79 Å². The maximum Gasteiger partial charge on any atom is 0.221 e. The average Bonchev–Trinajstić information content (AvgIpc) is 3.70. The van der Waals surface area contributed by atoms with Gasteiger partial charge >= 0.3 is 0 Å². The molecule has 0 atom stereocenters. The van der Waals surface area contributed by atoms with Crippen LogP contribution in [0.3, 0.4) is 0 Å². The molecule has 6 nitrogen and oxygen atoms in total. The van der Waals surface area contributed by atoms with Crippen molar-refractivity contribution in [2.45, 2.75) is 27.7 Å². The molecule has 6 heteroatoms. The number of fused-ring (bicyclic) bond motifs is 8. The number of aromatic nitrogens is 4. The van der Waals surface area contributed by atoms with Gasteiger partial charge in [-0.1, -0.05) is 12.1 Å². The van der Waals surface area contributed by atoms with Crippen LogP contribution in [0.5, 0.6) is 0 Å². The number of carbonyl (C=O) groups is 1. The van der Waals surface area contributed by atoms with Crippen molar-refractivity contribution in [2.75, 3.05) is 5.32 Å². The lowest BCUT2D eigenvalue weighted by Gasteiger charge is -2.08. The standard InChI is InChI=1S/C31H29N5O/c1-17-23-9-11-25(33-23)18(2)27-13-15-29(35-27)31(21-5-7-22(8-6-21)32-20(4)37)30-16-14-28(36-30)19(3)26-12-10-24(17)34-26/h5-16,33-36H,1-4H3,(H,32,37). The minimum atomic E-state index is -0.0853. The van der Waals surface area contributed by atoms with Crippen LogP contribution in [-0.2, 0) is 4.79 Å². The van der Waals surface area contributed by atoms with Crippen LogP contribution >= 0.6 is 0 Å². The van der Waals surface area contributed by atoms with E-state index in [0.717, 1.165) is 72.1 Å². The zero-order valence-corrected chi connectivity index (χ0v) is 21.3. The normalized spacial score (nSPS) is 13.3. The van der Waals surface area contributed by atoms with Gasteiger partial charge in [-0.2, -0.15) is 0 Å². The monoisotopic (exact) mass is 487 g/mol. The van der Waals surface area contributed by atoms with Crippen LogP contribution in [-0.4, -0.2) is 25.8 Å². The first kappa shape index (κ1) is 22.7. The SMILES string of the molecule is CC(=O)Nc1ccc(C2=c3ccc([nH]3)=C(C)c3ccc([nH]3)C(C)=c3ccc([nH]3)=C(C)c3ccc2[nH]3)cc1. The molecule has 0 unspecified atom stereocenters. The summed E-state index contributed by atoms with van der Waals surface area (Å²) in [5.74, 6) is -0.0853. The topological polar surface area (TPSA) is 92.3 Å². The molecule has 1 amide bonds. The van der Waals surface area contributed by atoms with Crippen LogP contribution in [0.2, 0.25) is 0 Å². The zero-order valence-electron chi connectivity index (χ0n) is 21.3. The van der Waals surface area contributed by atoms with Gasteiger partial charge in [0.2, 0.25) is 5.91 Å². The van der Waals surface area contributed by atoms with Crippen LogP contribution in [0.15, 0.2) is 72.8 Å². The van der Waals surface area contributed by atoms with E-state index in [2.05, 4.69) is 94.6 Å². The van der Waals surface area contributed by atoms with Crippen molar-refractivity contribution in [1.82, 2.24) is 19.9 Å². The third-order valence-electron chi connectivity index (χ3n) is 7.20. The molecule has 1 aliphatic heterocycles. The Morgan fingerprint density at radius 2 is 0.973 bits per heavy atom. The molecule has 0 saturated heterocycles. The summed E-state index contributed by atoms with van der Waals surface area (Å²) in [4.78, 5) is 26.0. The van der Waals surface area contributed by atoms with E-state index >= 15 is 0 Å². The predicted molar refractivity (Wildman–Crippen MR) is 149 cm³/mol. The Morgan fingerprint density at radius 1 is 0.541 bits per heavy atom. The van der Waals surface area contributed by atoms with Crippen LogP contribution < -0.4 is 26.7 Å². The van der Waals surface area contributed by atoms with Gasteiger partial charge in [-0.05, 0) is 104 Å². The Bertz CT molecular complexity index is 1900. The first-order valence-electron chi connectivity index (χ1n) is 12.4. The molecule has 6 rings (SSSR count). The lowest BCUT2D eigenvalue weighted by Crippen LogP contribution is -2.17. The highest BCUT2D eigenvalue weighted by molar-refractivity contribution is 5.89. The number of aromatic amines is 4. The summed E-state index contributed by atoms with van der Waals surface area (Å²) in [6, 6.07) is 25.0. The summed E-state index contributed by atoms with van der Waals surface area (Å²) >= 11 is 0. The third-order valence-corrected chi connectivity index (χ3v) is 7.20. The first-order chi connectivity index (χ1) is 17.9. The van der Waals surface area contributed by atoms with Gasteiger partial charge in [0.05, 0.1) is 0 Å². The van der Waals surface area contributed by atoms with Crippen molar-refractivity contribution in [3.05, 3.63) is 123 Å². The highest BCUT2D eigenvalue weighted by Gasteiger charge is 2.13. The molecule has 4 aromatic heterocycles. The van der Waals surface area contributed by atoms with Crippen LogP contribution in [0.1, 0.15) is 56.0 Å². The summed E-state index contributed by atoms with van der Waals surface area (Å²) < 4.78 is 0. The number of nitrogens with one attached hydrogen (secondary N) is 5. The number of carbonyl (C=O) groups excluding carboxylic acids is 1. The van der Waals surface area contributed by atoms with Crippen molar-refractivity contribution in [3.8, 4) is 0 Å². The summed E-state index contributed by atoms with van der Waals surface area (Å²) in [6.45, 7) is 7.91. The molecule has 5 N–H and O–H groups in total. The van der Waals surface area contributed by atoms with E-state index in [1.54, 1.807) is 0 Å². The van der Waals surface area contributed by atoms with Gasteiger partial charge < -0.3 is 25.3 Å². The van der Waals surface area contributed by atoms with Crippen molar-refractivity contribution in [1.29, 1.82) is 0 Å². The largest absolute Gasteiger partial charge is 0.355 e. The Kier molecular flexibility index (Phi) is 5.37. The second kappa shape index (κ2) is 8.75. The summed E-state index contributed by atoms with van der Waals surface area (Å²) in [5, 5.41) is 7.08. The smallest absolute Gasteiger partial charge is 0.221 e. The molecule has 1 aromatic carbocycles. The minimum absolute atomic E-state index is 0.0853. The van der Waals surface area contributed by atoms with Gasteiger partial charge in [-0.3, -0.25) is 4.79 Å². The van der Waals surface area contributed by atoms with Crippen molar-refractivity contribution >= 4 is 33.9 Å². The molecule has 37 heavy (non-hydrogen) atoms. The Balaban J connectivity index is 1.65. The number of anilines is 1. The fourth-order valence-electron chi connectivity index (χ4n) is 5.00. The fraction of sp³-hybridized carbons (Fsp3) is 0.129. The van der Waals surface area contributed by atoms with Crippen LogP contribution in [0.25, 0.3) is 22.3 Å². The molecule has 0 spiro atoms. The molecule has 0 radical (unpaired) electrons. The zero-order chi connectivity index (χ0) is 25.7. The van der Waals surface area contributed by atoms with Crippen LogP contribution in [0.4, 0.5) is 5.69 Å². The van der Waals surface area contributed by atoms with E-state index in [4.69, 9.17) is 0 Å². The first-order valence-corrected chi connectivity index (χ1v) is 12.4. The number of hydrogen-bond acceptors (Lipinski definition) is 1. The van der Waals surface area contributed by atoms with E-state index < -0.39 is 0 Å². The Morgan fingerprint density at radius 3 is 1.49 bits per heavy atom. The molecule has 0 saturated carbocycles. The van der Waals surface area contributed by atoms with E-state index in [-0.39, 0.29) is 5.91 Å². The van der Waals surface area contributed by atoms with Gasteiger partial charge in [0.25, 0.3) is 0 Å². The lowest BCUT2D eigenvalue weighted by molar-refractivity contribution is -0.114. The third kappa shape index (κ3) is 4.06. The number of hydrogen-bond donors (Lipinski definition) is 5. The van der Waals surface area contributed by atoms with Crippen molar-refractivity contribution in [3.63, 3.8) is 0 Å². The van der Waals surface area contributed by atoms with Gasteiger partial charge in [-0.25, -0.2) is 0 Å². The Labute approximate surface area is 214 Å². The van der Waals surface area contributed by atoms with Gasteiger partial charge in [-0.15, -0.1) is 0 Å². The van der Waals surface area contributed by atoms with Gasteiger partial charge in [0.15, 0.2) is 0 Å². The summed E-state index contributed by atoms with van der Waals surface area (Å²) in [7, 11) is 0. The molecule has 184 valence electrons. The second-order valence-corrected chi connectivity index (χ2v) is 9.65. The van der Waals surface area contributed by atoms with E-state index in [0.29, 0.717) is 0 Å². The molecule has 5 heterocycles. The van der Waals surface area contributed by atoms with E-state index in [1.165, 1.54) is 12.5 Å². The second-order valence-electron chi connectivity index (χ2n) is 9.65. The van der Waals surface area contributed by atoms with E-state index in [9.17, 15) is 4.79 Å². The van der Waals surface area contributed by atoms with Crippen LogP contribution in [0, 0.1) is 0 Å². The molecular formula is C31H29N5O. The minimum Gasteiger partial charge on any atom is -0.355 e. The number of rotatable bonds is 2. The maximum atomic E-state index is 11.5. The highest BCUT2D eigenvalue weighted by atomic mass is 16.1. The predicted octanol–water partition coefficient (Wildman–Crippen LogP) is 3.17. The molecule has 8 bridgehead atoms. The molecule has 5 aromatic rings. The lowest BCUT2D eigenvalue weighted by atomic mass is 10.0. The number of H-pyrrole nitrogens is 4. The van der Waals surface area contributed by atoms with E-state index in [1.807, 2.05) is 24.3 Å². The van der Waals surface area contributed by atoms with Gasteiger partial charge in [0.1, 0.15) is 0 Å². The molecule has 0 aliphatic carbocycles. The highest BCUT2D eigenvalue weighted by Crippen LogP contribution is 2.24. The molecule has 1 aliphatic rings. The van der Waals surface area contributed by atoms with Crippen molar-refractivity contribution in [2.24, 2.45) is 0 Å². The molecular weight excluding hydrogens is 458 g/mol. The fourth-order valence-corrected chi connectivity index (χ4v) is 5.00.